The molecule has 0 spiro atoms. The van der Waals surface area contributed by atoms with Crippen molar-refractivity contribution in [1.82, 2.24) is 19.7 Å². The molecule has 4 saturated carbocycles. The summed E-state index contributed by atoms with van der Waals surface area (Å²) in [6, 6.07) is 12.4. The van der Waals surface area contributed by atoms with E-state index in [1.54, 1.807) is 24.3 Å². The van der Waals surface area contributed by atoms with Gasteiger partial charge in [-0.05, 0) is 85.1 Å². The highest BCUT2D eigenvalue weighted by Gasteiger charge is 2.61. The second kappa shape index (κ2) is 7.68. The zero-order valence-electron chi connectivity index (χ0n) is 18.9. The molecule has 1 aromatic carbocycles. The topological polar surface area (TPSA) is 81.9 Å². The fraction of sp³-hybridized carbons (Fsp3) is 0.462. The van der Waals surface area contributed by atoms with E-state index in [2.05, 4.69) is 44.6 Å². The zero-order chi connectivity index (χ0) is 22.5. The van der Waals surface area contributed by atoms with Crippen LogP contribution in [0, 0.1) is 17.3 Å². The van der Waals surface area contributed by atoms with Crippen LogP contribution in [0.4, 0.5) is 5.95 Å². The number of aromatic nitrogens is 4. The van der Waals surface area contributed by atoms with Gasteiger partial charge in [-0.25, -0.2) is 9.67 Å². The lowest BCUT2D eigenvalue weighted by Gasteiger charge is -2.61. The first-order chi connectivity index (χ1) is 16.1. The first-order valence-corrected chi connectivity index (χ1v) is 11.8. The summed E-state index contributed by atoms with van der Waals surface area (Å²) in [7, 11) is 1.70. The van der Waals surface area contributed by atoms with Crippen molar-refractivity contribution in [1.29, 1.82) is 0 Å². The van der Waals surface area contributed by atoms with E-state index in [0.717, 1.165) is 30.6 Å². The van der Waals surface area contributed by atoms with Gasteiger partial charge in [-0.1, -0.05) is 18.2 Å². The summed E-state index contributed by atoms with van der Waals surface area (Å²) < 4.78 is 7.11. The fourth-order valence-corrected chi connectivity index (χ4v) is 7.15. The quantitative estimate of drug-likeness (QED) is 0.617. The van der Waals surface area contributed by atoms with Crippen molar-refractivity contribution in [3.63, 3.8) is 0 Å². The van der Waals surface area contributed by atoms with Crippen LogP contribution in [-0.4, -0.2) is 32.8 Å². The van der Waals surface area contributed by atoms with E-state index in [0.29, 0.717) is 24.3 Å². The number of nitrogens with zero attached hydrogens (tertiary/aromatic N) is 4. The zero-order valence-corrected chi connectivity index (χ0v) is 18.9. The lowest BCUT2D eigenvalue weighted by atomic mass is 9.42. The molecular formula is C26H29N5O2. The summed E-state index contributed by atoms with van der Waals surface area (Å²) in [5.74, 6) is 2.57. The maximum Gasteiger partial charge on any atom is 0.248 e. The molecule has 4 bridgehead atoms. The molecule has 7 rings (SSSR count). The molecule has 4 fully saturated rings. The van der Waals surface area contributed by atoms with Gasteiger partial charge in [-0.3, -0.25) is 15.1 Å². The lowest BCUT2D eigenvalue weighted by molar-refractivity contribution is -0.143. The molecule has 7 heteroatoms. The van der Waals surface area contributed by atoms with E-state index >= 15 is 0 Å². The molecule has 1 amide bonds. The number of anilines is 1. The number of benzene rings is 1. The van der Waals surface area contributed by atoms with Crippen molar-refractivity contribution in [3.05, 3.63) is 66.2 Å². The van der Waals surface area contributed by atoms with Crippen molar-refractivity contribution in [2.24, 2.45) is 17.3 Å². The fourth-order valence-electron chi connectivity index (χ4n) is 7.15. The third-order valence-electron chi connectivity index (χ3n) is 8.07. The minimum atomic E-state index is -0.335. The normalized spacial score (nSPS) is 29.7. The van der Waals surface area contributed by atoms with E-state index in [9.17, 15) is 4.79 Å². The molecule has 33 heavy (non-hydrogen) atoms. The van der Waals surface area contributed by atoms with E-state index < -0.39 is 0 Å². The molecule has 7 nitrogen and oxygen atoms in total. The van der Waals surface area contributed by atoms with Crippen molar-refractivity contribution < 1.29 is 9.53 Å². The molecule has 0 radical (unpaired) electrons. The molecule has 170 valence electrons. The molecule has 4 aliphatic carbocycles. The number of carbonyl (C=O) groups is 1. The summed E-state index contributed by atoms with van der Waals surface area (Å²) in [6.07, 6.45) is 11.7. The Kier molecular flexibility index (Phi) is 4.75. The Balaban J connectivity index is 1.22. The Morgan fingerprint density at radius 3 is 2.64 bits per heavy atom. The van der Waals surface area contributed by atoms with Gasteiger partial charge in [-0.2, -0.15) is 0 Å². The standard InChI is InChI=1S/C26H29N5O2/c1-33-22-6-4-21(5-7-22)25-10-19-9-20(11-25)13-26(12-19,16-25)23(32)29-24-28-17-31(30-24)15-18-3-2-8-27-14-18/h2-8,14,17,19-20H,9-13,15-16H2,1H3,(H,29,30,32). The van der Waals surface area contributed by atoms with Crippen LogP contribution in [0.25, 0.3) is 0 Å². The summed E-state index contributed by atoms with van der Waals surface area (Å²) in [6.45, 7) is 0.576. The summed E-state index contributed by atoms with van der Waals surface area (Å²) in [5.41, 5.74) is 2.15. The van der Waals surface area contributed by atoms with Crippen LogP contribution in [0.1, 0.15) is 49.7 Å². The molecule has 2 heterocycles. The average Bonchev–Trinajstić information content (AvgIpc) is 3.25. The van der Waals surface area contributed by atoms with Gasteiger partial charge in [0, 0.05) is 12.4 Å². The number of carbonyl (C=O) groups excluding carboxylic acids is 1. The van der Waals surface area contributed by atoms with Gasteiger partial charge in [0.2, 0.25) is 11.9 Å². The first kappa shape index (κ1) is 20.4. The van der Waals surface area contributed by atoms with E-state index in [1.165, 1.54) is 24.8 Å². The molecular weight excluding hydrogens is 414 g/mol. The van der Waals surface area contributed by atoms with Gasteiger partial charge in [0.05, 0.1) is 19.1 Å². The molecule has 4 aliphatic rings. The molecule has 2 unspecified atom stereocenters. The van der Waals surface area contributed by atoms with Crippen LogP contribution in [0.3, 0.4) is 0 Å². The van der Waals surface area contributed by atoms with Crippen LogP contribution in [0.5, 0.6) is 5.75 Å². The van der Waals surface area contributed by atoms with Gasteiger partial charge in [0.25, 0.3) is 0 Å². The monoisotopic (exact) mass is 443 g/mol. The molecule has 0 aliphatic heterocycles. The molecule has 1 N–H and O–H groups in total. The van der Waals surface area contributed by atoms with Gasteiger partial charge >= 0.3 is 0 Å². The molecule has 3 aromatic rings. The highest BCUT2D eigenvalue weighted by molar-refractivity contribution is 5.94. The van der Waals surface area contributed by atoms with E-state index in [4.69, 9.17) is 4.74 Å². The third kappa shape index (κ3) is 3.59. The van der Waals surface area contributed by atoms with E-state index in [1.807, 2.05) is 18.3 Å². The van der Waals surface area contributed by atoms with Crippen molar-refractivity contribution in [2.45, 2.75) is 50.5 Å². The van der Waals surface area contributed by atoms with Gasteiger partial charge in [0.15, 0.2) is 0 Å². The number of ether oxygens (including phenoxy) is 1. The molecule has 2 atom stereocenters. The summed E-state index contributed by atoms with van der Waals surface area (Å²) in [5, 5.41) is 7.57. The SMILES string of the molecule is COc1ccc(C23CC4CC(CC(C(=O)Nc5ncn(Cc6cccnc6)n5)(C4)C2)C3)cc1. The number of nitrogens with one attached hydrogen (secondary N) is 1. The van der Waals surface area contributed by atoms with Gasteiger partial charge in [-0.15, -0.1) is 5.10 Å². The second-order valence-electron chi connectivity index (χ2n) is 10.3. The summed E-state index contributed by atoms with van der Waals surface area (Å²) in [4.78, 5) is 22.2. The van der Waals surface area contributed by atoms with Crippen LogP contribution >= 0.6 is 0 Å². The van der Waals surface area contributed by atoms with Crippen molar-refractivity contribution in [3.8, 4) is 5.75 Å². The number of amides is 1. The first-order valence-electron chi connectivity index (χ1n) is 11.8. The van der Waals surface area contributed by atoms with Crippen molar-refractivity contribution in [2.75, 3.05) is 12.4 Å². The van der Waals surface area contributed by atoms with Crippen molar-refractivity contribution >= 4 is 11.9 Å². The number of rotatable bonds is 6. The Labute approximate surface area is 193 Å². The maximum atomic E-state index is 13.7. The average molecular weight is 444 g/mol. The van der Waals surface area contributed by atoms with Gasteiger partial charge < -0.3 is 4.74 Å². The Morgan fingerprint density at radius 1 is 1.15 bits per heavy atom. The van der Waals surface area contributed by atoms with Gasteiger partial charge in [0.1, 0.15) is 12.1 Å². The largest absolute Gasteiger partial charge is 0.497 e. The predicted molar refractivity (Wildman–Crippen MR) is 124 cm³/mol. The minimum Gasteiger partial charge on any atom is -0.497 e. The number of pyridine rings is 1. The second-order valence-corrected chi connectivity index (χ2v) is 10.3. The smallest absolute Gasteiger partial charge is 0.248 e. The number of hydrogen-bond acceptors (Lipinski definition) is 5. The maximum absolute atomic E-state index is 13.7. The number of hydrogen-bond donors (Lipinski definition) is 1. The predicted octanol–water partition coefficient (Wildman–Crippen LogP) is 4.21. The van der Waals surface area contributed by atoms with E-state index in [-0.39, 0.29) is 16.7 Å². The Bertz CT molecular complexity index is 1140. The Morgan fingerprint density at radius 2 is 1.94 bits per heavy atom. The lowest BCUT2D eigenvalue weighted by Crippen LogP contribution is -2.58. The van der Waals surface area contributed by atoms with Crippen LogP contribution < -0.4 is 10.1 Å². The van der Waals surface area contributed by atoms with Crippen LogP contribution in [0.2, 0.25) is 0 Å². The summed E-state index contributed by atoms with van der Waals surface area (Å²) >= 11 is 0. The number of methoxy groups -OCH3 is 1. The van der Waals surface area contributed by atoms with Crippen LogP contribution in [-0.2, 0) is 16.8 Å². The molecule has 0 saturated heterocycles. The highest BCUT2D eigenvalue weighted by Crippen LogP contribution is 2.66. The molecule has 2 aromatic heterocycles. The van der Waals surface area contributed by atoms with Crippen LogP contribution in [0.15, 0.2) is 55.1 Å². The Hall–Kier alpha value is -3.22. The third-order valence-corrected chi connectivity index (χ3v) is 8.07. The minimum absolute atomic E-state index is 0.0841. The highest BCUT2D eigenvalue weighted by atomic mass is 16.5.